The van der Waals surface area contributed by atoms with Gasteiger partial charge >= 0.3 is 0 Å². The number of fused-ring (bicyclic) bond motifs is 1. The van der Waals surface area contributed by atoms with Crippen molar-refractivity contribution >= 4 is 17.1 Å². The minimum atomic E-state index is -0.391. The van der Waals surface area contributed by atoms with Crippen molar-refractivity contribution in [3.63, 3.8) is 0 Å². The average molecular weight is 393 g/mol. The largest absolute Gasteiger partial charge is 0.476 e. The van der Waals surface area contributed by atoms with Crippen molar-refractivity contribution in [1.29, 1.82) is 0 Å². The van der Waals surface area contributed by atoms with E-state index in [9.17, 15) is 8.78 Å². The van der Waals surface area contributed by atoms with Crippen LogP contribution in [0.2, 0.25) is 0 Å². The zero-order valence-electron chi connectivity index (χ0n) is 15.6. The van der Waals surface area contributed by atoms with Gasteiger partial charge in [0.1, 0.15) is 11.6 Å². The second-order valence-electron chi connectivity index (χ2n) is 6.17. The summed E-state index contributed by atoms with van der Waals surface area (Å²) in [5.41, 5.74) is 2.24. The maximum absolute atomic E-state index is 14.1. The Morgan fingerprint density at radius 1 is 0.966 bits per heavy atom. The van der Waals surface area contributed by atoms with E-state index in [1.807, 2.05) is 6.92 Å². The third kappa shape index (κ3) is 4.11. The first-order valence-electron chi connectivity index (χ1n) is 9.05. The number of hydrogen-bond donors (Lipinski definition) is 1. The summed E-state index contributed by atoms with van der Waals surface area (Å²) < 4.78 is 32.8. The molecule has 2 aromatic carbocycles. The van der Waals surface area contributed by atoms with Gasteiger partial charge in [-0.2, -0.15) is 9.97 Å². The molecule has 2 heterocycles. The lowest BCUT2D eigenvalue weighted by molar-refractivity contribution is 0.330. The van der Waals surface area contributed by atoms with Gasteiger partial charge in [-0.15, -0.1) is 0 Å². The van der Waals surface area contributed by atoms with Gasteiger partial charge in [0.2, 0.25) is 11.8 Å². The Bertz CT molecular complexity index is 1150. The number of hydrogen-bond acceptors (Lipinski definition) is 6. The molecule has 4 rings (SSSR count). The van der Waals surface area contributed by atoms with Gasteiger partial charge < -0.3 is 10.1 Å². The number of aromatic nitrogens is 4. The van der Waals surface area contributed by atoms with Crippen LogP contribution in [0.25, 0.3) is 22.4 Å². The molecule has 29 heavy (non-hydrogen) atoms. The molecule has 0 atom stereocenters. The van der Waals surface area contributed by atoms with Crippen LogP contribution in [0.1, 0.15) is 12.5 Å². The van der Waals surface area contributed by atoms with E-state index in [1.165, 1.54) is 24.4 Å². The summed E-state index contributed by atoms with van der Waals surface area (Å²) in [5.74, 6) is -0.129. The van der Waals surface area contributed by atoms with Gasteiger partial charge in [0, 0.05) is 12.1 Å². The van der Waals surface area contributed by atoms with Crippen LogP contribution in [0, 0.1) is 11.6 Å². The third-order valence-electron chi connectivity index (χ3n) is 4.17. The Hall–Kier alpha value is -3.68. The van der Waals surface area contributed by atoms with E-state index in [4.69, 9.17) is 4.74 Å². The van der Waals surface area contributed by atoms with Crippen LogP contribution in [0.3, 0.4) is 0 Å². The molecule has 0 amide bonds. The van der Waals surface area contributed by atoms with Gasteiger partial charge in [0.25, 0.3) is 0 Å². The highest BCUT2D eigenvalue weighted by molar-refractivity contribution is 5.79. The van der Waals surface area contributed by atoms with Crippen LogP contribution in [-0.2, 0) is 6.54 Å². The molecule has 0 radical (unpaired) electrons. The summed E-state index contributed by atoms with van der Waals surface area (Å²) in [6.45, 7) is 2.60. The van der Waals surface area contributed by atoms with Gasteiger partial charge in [-0.25, -0.2) is 18.7 Å². The molecule has 0 aliphatic carbocycles. The number of halogens is 2. The summed E-state index contributed by atoms with van der Waals surface area (Å²) in [6.07, 6.45) is 1.47. The second kappa shape index (κ2) is 8.14. The number of nitrogens with zero attached hydrogens (tertiary/aromatic N) is 4. The van der Waals surface area contributed by atoms with Crippen LogP contribution >= 0.6 is 0 Å². The van der Waals surface area contributed by atoms with Crippen molar-refractivity contribution in [1.82, 2.24) is 19.9 Å². The molecule has 4 aromatic rings. The molecular formula is C21H17F2N5O. The van der Waals surface area contributed by atoms with Crippen LogP contribution in [0.15, 0.2) is 54.7 Å². The van der Waals surface area contributed by atoms with E-state index in [-0.39, 0.29) is 11.7 Å². The first-order chi connectivity index (χ1) is 14.1. The molecule has 0 saturated heterocycles. The van der Waals surface area contributed by atoms with Crippen molar-refractivity contribution in [3.8, 4) is 17.1 Å². The highest BCUT2D eigenvalue weighted by Crippen LogP contribution is 2.26. The summed E-state index contributed by atoms with van der Waals surface area (Å²) in [6, 6.07) is 12.5. The van der Waals surface area contributed by atoms with Crippen LogP contribution in [0.5, 0.6) is 5.88 Å². The smallest absolute Gasteiger partial charge is 0.247 e. The Labute approximate surface area is 165 Å². The molecule has 0 aliphatic heterocycles. The molecule has 1 N–H and O–H groups in total. The van der Waals surface area contributed by atoms with E-state index < -0.39 is 5.82 Å². The van der Waals surface area contributed by atoms with E-state index in [0.717, 1.165) is 5.56 Å². The molecule has 0 unspecified atom stereocenters. The third-order valence-corrected chi connectivity index (χ3v) is 4.17. The van der Waals surface area contributed by atoms with Crippen molar-refractivity contribution < 1.29 is 13.5 Å². The maximum Gasteiger partial charge on any atom is 0.247 e. The van der Waals surface area contributed by atoms with Gasteiger partial charge in [-0.05, 0) is 36.8 Å². The molecule has 0 aliphatic rings. The lowest BCUT2D eigenvalue weighted by Crippen LogP contribution is -2.07. The van der Waals surface area contributed by atoms with Gasteiger partial charge in [-0.3, -0.25) is 0 Å². The Balaban J connectivity index is 1.68. The van der Waals surface area contributed by atoms with Gasteiger partial charge in [-0.1, -0.05) is 24.3 Å². The fourth-order valence-corrected chi connectivity index (χ4v) is 2.78. The molecule has 0 saturated carbocycles. The minimum Gasteiger partial charge on any atom is -0.476 e. The molecular weight excluding hydrogens is 376 g/mol. The molecule has 2 aromatic heterocycles. The van der Waals surface area contributed by atoms with E-state index in [0.29, 0.717) is 41.5 Å². The summed E-state index contributed by atoms with van der Waals surface area (Å²) in [4.78, 5) is 17.5. The fraction of sp³-hybridized carbons (Fsp3) is 0.143. The predicted octanol–water partition coefficient (Wildman–Crippen LogP) is 4.38. The first kappa shape index (κ1) is 18.7. The maximum atomic E-state index is 14.1. The highest BCUT2D eigenvalue weighted by Gasteiger charge is 2.14. The minimum absolute atomic E-state index is 0.254. The average Bonchev–Trinajstić information content (AvgIpc) is 2.74. The number of anilines is 1. The lowest BCUT2D eigenvalue weighted by Gasteiger charge is -2.10. The summed E-state index contributed by atoms with van der Waals surface area (Å²) in [5, 5.41) is 3.07. The molecule has 0 bridgehead atoms. The monoisotopic (exact) mass is 393 g/mol. The topological polar surface area (TPSA) is 72.8 Å². The van der Waals surface area contributed by atoms with Gasteiger partial charge in [0.15, 0.2) is 11.2 Å². The number of benzene rings is 2. The lowest BCUT2D eigenvalue weighted by atomic mass is 10.1. The molecule has 6 nitrogen and oxygen atoms in total. The molecule has 146 valence electrons. The van der Waals surface area contributed by atoms with Crippen LogP contribution < -0.4 is 10.1 Å². The van der Waals surface area contributed by atoms with Crippen molar-refractivity contribution in [2.24, 2.45) is 0 Å². The number of rotatable bonds is 6. The van der Waals surface area contributed by atoms with Crippen LogP contribution in [-0.4, -0.2) is 26.5 Å². The standard InChI is InChI=1S/C21H17F2N5O/c1-2-29-20-18-19(24-12-17(26-18)15-5-3-4-6-16(15)23)27-21(28-20)25-11-13-7-9-14(22)10-8-13/h3-10,12H,2,11H2,1H3,(H,24,25,27,28). The van der Waals surface area contributed by atoms with E-state index >= 15 is 0 Å². The Kier molecular flexibility index (Phi) is 5.24. The SMILES string of the molecule is CCOc1nc(NCc2ccc(F)cc2)nc2ncc(-c3ccccc3F)nc12. The van der Waals surface area contributed by atoms with E-state index in [1.54, 1.807) is 30.3 Å². The van der Waals surface area contributed by atoms with Crippen molar-refractivity contribution in [2.75, 3.05) is 11.9 Å². The van der Waals surface area contributed by atoms with E-state index in [2.05, 4.69) is 25.3 Å². The molecule has 0 spiro atoms. The molecule has 8 heteroatoms. The summed E-state index contributed by atoms with van der Waals surface area (Å²) >= 11 is 0. The molecule has 0 fully saturated rings. The Morgan fingerprint density at radius 2 is 1.76 bits per heavy atom. The Morgan fingerprint density at radius 3 is 2.52 bits per heavy atom. The second-order valence-corrected chi connectivity index (χ2v) is 6.17. The van der Waals surface area contributed by atoms with Crippen molar-refractivity contribution in [3.05, 3.63) is 71.9 Å². The zero-order valence-corrected chi connectivity index (χ0v) is 15.6. The highest BCUT2D eigenvalue weighted by atomic mass is 19.1. The normalized spacial score (nSPS) is 10.9. The zero-order chi connectivity index (χ0) is 20.2. The number of ether oxygens (including phenoxy) is 1. The number of nitrogens with one attached hydrogen (secondary N) is 1. The fourth-order valence-electron chi connectivity index (χ4n) is 2.78. The predicted molar refractivity (Wildman–Crippen MR) is 105 cm³/mol. The first-order valence-corrected chi connectivity index (χ1v) is 9.05. The van der Waals surface area contributed by atoms with Crippen LogP contribution in [0.4, 0.5) is 14.7 Å². The quantitative estimate of drug-likeness (QED) is 0.524. The van der Waals surface area contributed by atoms with Crippen molar-refractivity contribution in [2.45, 2.75) is 13.5 Å². The summed E-state index contributed by atoms with van der Waals surface area (Å²) in [7, 11) is 0. The van der Waals surface area contributed by atoms with Gasteiger partial charge in [0.05, 0.1) is 18.5 Å².